The summed E-state index contributed by atoms with van der Waals surface area (Å²) < 4.78 is 0. The van der Waals surface area contributed by atoms with Gasteiger partial charge in [0.1, 0.15) is 6.04 Å². The molecule has 1 fully saturated rings. The molecule has 3 heterocycles. The van der Waals surface area contributed by atoms with Gasteiger partial charge in [-0.05, 0) is 55.6 Å². The average Bonchev–Trinajstić information content (AvgIpc) is 3.04. The van der Waals surface area contributed by atoms with Gasteiger partial charge < -0.3 is 5.11 Å². The van der Waals surface area contributed by atoms with Crippen LogP contribution >= 0.6 is 0 Å². The SMILES string of the molecule is Cc1cnccc1C(Cc1ccccn1)N1CCCC1C(=O)O. The van der Waals surface area contributed by atoms with Crippen LogP contribution < -0.4 is 0 Å². The Morgan fingerprint density at radius 1 is 1.39 bits per heavy atom. The summed E-state index contributed by atoms with van der Waals surface area (Å²) in [5.41, 5.74) is 3.20. The lowest BCUT2D eigenvalue weighted by Gasteiger charge is -2.32. The molecule has 3 rings (SSSR count). The van der Waals surface area contributed by atoms with Gasteiger partial charge in [0.25, 0.3) is 0 Å². The fraction of sp³-hybridized carbons (Fsp3) is 0.389. The van der Waals surface area contributed by atoms with E-state index in [2.05, 4.69) is 14.9 Å². The third kappa shape index (κ3) is 3.40. The first-order chi connectivity index (χ1) is 11.2. The summed E-state index contributed by atoms with van der Waals surface area (Å²) in [6, 6.07) is 7.45. The van der Waals surface area contributed by atoms with Crippen molar-refractivity contribution in [3.05, 3.63) is 59.7 Å². The molecule has 2 atom stereocenters. The van der Waals surface area contributed by atoms with Crippen molar-refractivity contribution >= 4 is 5.97 Å². The molecule has 1 aliphatic heterocycles. The Kier molecular flexibility index (Phi) is 4.67. The molecule has 23 heavy (non-hydrogen) atoms. The summed E-state index contributed by atoms with van der Waals surface area (Å²) in [6.45, 7) is 2.83. The zero-order chi connectivity index (χ0) is 16.2. The molecule has 2 unspecified atom stereocenters. The molecule has 0 spiro atoms. The third-order valence-electron chi connectivity index (χ3n) is 4.53. The van der Waals surface area contributed by atoms with Gasteiger partial charge in [0.2, 0.25) is 0 Å². The van der Waals surface area contributed by atoms with E-state index in [1.807, 2.05) is 37.4 Å². The predicted molar refractivity (Wildman–Crippen MR) is 87.0 cm³/mol. The van der Waals surface area contributed by atoms with Crippen LogP contribution in [0.5, 0.6) is 0 Å². The Labute approximate surface area is 136 Å². The molecule has 1 aliphatic rings. The van der Waals surface area contributed by atoms with E-state index in [0.29, 0.717) is 12.8 Å². The fourth-order valence-electron chi connectivity index (χ4n) is 3.41. The first-order valence-corrected chi connectivity index (χ1v) is 7.96. The number of nitrogens with zero attached hydrogens (tertiary/aromatic N) is 3. The van der Waals surface area contributed by atoms with Crippen molar-refractivity contribution in [1.29, 1.82) is 0 Å². The van der Waals surface area contributed by atoms with Crippen LogP contribution in [0.4, 0.5) is 0 Å². The maximum absolute atomic E-state index is 11.6. The third-order valence-corrected chi connectivity index (χ3v) is 4.53. The zero-order valence-electron chi connectivity index (χ0n) is 13.2. The van der Waals surface area contributed by atoms with Crippen LogP contribution in [0, 0.1) is 6.92 Å². The second-order valence-electron chi connectivity index (χ2n) is 6.01. The van der Waals surface area contributed by atoms with E-state index in [4.69, 9.17) is 0 Å². The molecule has 120 valence electrons. The second kappa shape index (κ2) is 6.87. The lowest BCUT2D eigenvalue weighted by Crippen LogP contribution is -2.40. The lowest BCUT2D eigenvalue weighted by atomic mass is 9.96. The molecule has 0 aromatic carbocycles. The standard InChI is InChI=1S/C18H21N3O2/c1-13-12-19-9-7-15(13)17(11-14-5-2-3-8-20-14)21-10-4-6-16(21)18(22)23/h2-3,5,7-9,12,16-17H,4,6,10-11H2,1H3,(H,22,23). The highest BCUT2D eigenvalue weighted by molar-refractivity contribution is 5.74. The summed E-state index contributed by atoms with van der Waals surface area (Å²) in [5.74, 6) is -0.736. The van der Waals surface area contributed by atoms with Gasteiger partial charge in [0.05, 0.1) is 0 Å². The van der Waals surface area contributed by atoms with Crippen molar-refractivity contribution < 1.29 is 9.90 Å². The molecular weight excluding hydrogens is 290 g/mol. The molecular formula is C18H21N3O2. The Morgan fingerprint density at radius 3 is 2.96 bits per heavy atom. The van der Waals surface area contributed by atoms with Crippen LogP contribution in [0.2, 0.25) is 0 Å². The predicted octanol–water partition coefficient (Wildman–Crippen LogP) is 2.62. The Hall–Kier alpha value is -2.27. The van der Waals surface area contributed by atoms with E-state index in [1.54, 1.807) is 12.4 Å². The zero-order valence-corrected chi connectivity index (χ0v) is 13.2. The highest BCUT2D eigenvalue weighted by Gasteiger charge is 2.36. The van der Waals surface area contributed by atoms with E-state index < -0.39 is 12.0 Å². The van der Waals surface area contributed by atoms with E-state index >= 15 is 0 Å². The Balaban J connectivity index is 1.96. The number of carboxylic acids is 1. The molecule has 5 nitrogen and oxygen atoms in total. The Morgan fingerprint density at radius 2 is 2.26 bits per heavy atom. The quantitative estimate of drug-likeness (QED) is 0.919. The molecule has 0 radical (unpaired) electrons. The number of carboxylic acid groups (broad SMARTS) is 1. The van der Waals surface area contributed by atoms with Crippen molar-refractivity contribution in [3.8, 4) is 0 Å². The van der Waals surface area contributed by atoms with Crippen LogP contribution in [-0.4, -0.2) is 38.5 Å². The minimum atomic E-state index is -0.736. The van der Waals surface area contributed by atoms with E-state index in [1.165, 1.54) is 0 Å². The van der Waals surface area contributed by atoms with Crippen molar-refractivity contribution in [2.24, 2.45) is 0 Å². The summed E-state index contributed by atoms with van der Waals surface area (Å²) in [7, 11) is 0. The second-order valence-corrected chi connectivity index (χ2v) is 6.01. The van der Waals surface area contributed by atoms with Crippen molar-refractivity contribution in [2.75, 3.05) is 6.54 Å². The van der Waals surface area contributed by atoms with Crippen LogP contribution in [0.3, 0.4) is 0 Å². The number of hydrogen-bond acceptors (Lipinski definition) is 4. The van der Waals surface area contributed by atoms with Crippen LogP contribution in [0.15, 0.2) is 42.9 Å². The first-order valence-electron chi connectivity index (χ1n) is 7.96. The van der Waals surface area contributed by atoms with Gasteiger partial charge >= 0.3 is 5.97 Å². The summed E-state index contributed by atoms with van der Waals surface area (Å²) >= 11 is 0. The van der Waals surface area contributed by atoms with Crippen molar-refractivity contribution in [3.63, 3.8) is 0 Å². The molecule has 0 bridgehead atoms. The van der Waals surface area contributed by atoms with Crippen molar-refractivity contribution in [1.82, 2.24) is 14.9 Å². The Bertz CT molecular complexity index is 675. The summed E-state index contributed by atoms with van der Waals surface area (Å²) in [6.07, 6.45) is 7.73. The number of likely N-dealkylation sites (tertiary alicyclic amines) is 1. The highest BCUT2D eigenvalue weighted by atomic mass is 16.4. The fourth-order valence-corrected chi connectivity index (χ4v) is 3.41. The number of aryl methyl sites for hydroxylation is 1. The van der Waals surface area contributed by atoms with Crippen LogP contribution in [0.25, 0.3) is 0 Å². The number of pyridine rings is 2. The number of carbonyl (C=O) groups is 1. The molecule has 0 aliphatic carbocycles. The summed E-state index contributed by atoms with van der Waals surface area (Å²) in [5, 5.41) is 9.55. The van der Waals surface area contributed by atoms with Gasteiger partial charge in [0, 0.05) is 36.7 Å². The molecule has 1 N–H and O–H groups in total. The van der Waals surface area contributed by atoms with Gasteiger partial charge in [-0.15, -0.1) is 0 Å². The maximum Gasteiger partial charge on any atom is 0.320 e. The van der Waals surface area contributed by atoms with Gasteiger partial charge in [-0.25, -0.2) is 0 Å². The van der Waals surface area contributed by atoms with E-state index in [9.17, 15) is 9.90 Å². The first kappa shape index (κ1) is 15.6. The highest BCUT2D eigenvalue weighted by Crippen LogP contribution is 2.33. The molecule has 0 saturated carbocycles. The van der Waals surface area contributed by atoms with Crippen LogP contribution in [0.1, 0.15) is 35.7 Å². The minimum absolute atomic E-state index is 0.0106. The maximum atomic E-state index is 11.6. The smallest absolute Gasteiger partial charge is 0.320 e. The van der Waals surface area contributed by atoms with Gasteiger partial charge in [0.15, 0.2) is 0 Å². The molecule has 2 aromatic rings. The normalized spacial score (nSPS) is 19.6. The van der Waals surface area contributed by atoms with Gasteiger partial charge in [-0.1, -0.05) is 6.07 Å². The van der Waals surface area contributed by atoms with Gasteiger partial charge in [-0.3, -0.25) is 19.7 Å². The molecule has 5 heteroatoms. The lowest BCUT2D eigenvalue weighted by molar-refractivity contribution is -0.143. The monoisotopic (exact) mass is 311 g/mol. The van der Waals surface area contributed by atoms with Crippen LogP contribution in [-0.2, 0) is 11.2 Å². The largest absolute Gasteiger partial charge is 0.480 e. The number of aromatic nitrogens is 2. The van der Waals surface area contributed by atoms with Crippen molar-refractivity contribution in [2.45, 2.75) is 38.3 Å². The number of rotatable bonds is 5. The van der Waals surface area contributed by atoms with E-state index in [-0.39, 0.29) is 6.04 Å². The van der Waals surface area contributed by atoms with Gasteiger partial charge in [-0.2, -0.15) is 0 Å². The molecule has 1 saturated heterocycles. The molecule has 0 amide bonds. The number of aliphatic carboxylic acids is 1. The number of hydrogen-bond donors (Lipinski definition) is 1. The minimum Gasteiger partial charge on any atom is -0.480 e. The topological polar surface area (TPSA) is 66.3 Å². The average molecular weight is 311 g/mol. The summed E-state index contributed by atoms with van der Waals surface area (Å²) in [4.78, 5) is 22.3. The van der Waals surface area contributed by atoms with E-state index in [0.717, 1.165) is 29.8 Å². The molecule has 2 aromatic heterocycles.